The fourth-order valence-electron chi connectivity index (χ4n) is 2.93. The highest BCUT2D eigenvalue weighted by Gasteiger charge is 2.20. The summed E-state index contributed by atoms with van der Waals surface area (Å²) in [5, 5.41) is 3.34. The van der Waals surface area contributed by atoms with Gasteiger partial charge in [-0.05, 0) is 25.8 Å². The number of hydrogen-bond donors (Lipinski definition) is 0. The molecule has 2 aromatic rings. The second kappa shape index (κ2) is 7.90. The molecule has 124 valence electrons. The lowest BCUT2D eigenvalue weighted by Gasteiger charge is -2.31. The third kappa shape index (κ3) is 4.53. The summed E-state index contributed by atoms with van der Waals surface area (Å²) >= 11 is 1.76. The molecule has 0 spiro atoms. The Kier molecular flexibility index (Phi) is 5.65. The second-order valence-corrected chi connectivity index (χ2v) is 6.92. The van der Waals surface area contributed by atoms with Crippen LogP contribution in [0, 0.1) is 6.92 Å². The molecule has 1 saturated heterocycles. The Labute approximate surface area is 142 Å². The molecular weight excluding hydrogens is 308 g/mol. The Bertz CT molecular complexity index is 621. The zero-order valence-corrected chi connectivity index (χ0v) is 14.6. The van der Waals surface area contributed by atoms with Crippen molar-refractivity contribution in [2.24, 2.45) is 0 Å². The lowest BCUT2D eigenvalue weighted by atomic mass is 10.1. The Hall–Kier alpha value is -1.43. The Morgan fingerprint density at radius 3 is 2.74 bits per heavy atom. The van der Waals surface area contributed by atoms with Crippen LogP contribution in [-0.4, -0.2) is 36.2 Å². The van der Waals surface area contributed by atoms with Crippen LogP contribution in [0.3, 0.4) is 0 Å². The number of para-hydroxylation sites is 1. The number of aryl methyl sites for hydroxylation is 1. The minimum atomic E-state index is 0.342. The first-order valence-corrected chi connectivity index (χ1v) is 8.99. The highest BCUT2D eigenvalue weighted by atomic mass is 32.1. The van der Waals surface area contributed by atoms with Gasteiger partial charge in [0.25, 0.3) is 0 Å². The fraction of sp³-hybridized carbons (Fsp3) is 0.500. The molecule has 0 bridgehead atoms. The Morgan fingerprint density at radius 2 is 2.04 bits per heavy atom. The minimum absolute atomic E-state index is 0.342. The van der Waals surface area contributed by atoms with Crippen molar-refractivity contribution in [2.75, 3.05) is 20.2 Å². The van der Waals surface area contributed by atoms with E-state index in [1.54, 1.807) is 18.4 Å². The van der Waals surface area contributed by atoms with Crippen LogP contribution in [0.4, 0.5) is 0 Å². The molecule has 0 amide bonds. The molecule has 0 N–H and O–H groups in total. The smallest absolute Gasteiger partial charge is 0.124 e. The van der Waals surface area contributed by atoms with Crippen molar-refractivity contribution in [1.29, 1.82) is 0 Å². The molecule has 23 heavy (non-hydrogen) atoms. The van der Waals surface area contributed by atoms with E-state index in [9.17, 15) is 0 Å². The Morgan fingerprint density at radius 1 is 1.26 bits per heavy atom. The van der Waals surface area contributed by atoms with Gasteiger partial charge >= 0.3 is 0 Å². The number of nitrogens with zero attached hydrogens (tertiary/aromatic N) is 2. The summed E-state index contributed by atoms with van der Waals surface area (Å²) in [7, 11) is 1.71. The molecule has 1 fully saturated rings. The van der Waals surface area contributed by atoms with Gasteiger partial charge in [0.1, 0.15) is 10.8 Å². The molecule has 0 aliphatic carbocycles. The largest absolute Gasteiger partial charge is 0.496 e. The average Bonchev–Trinajstić information content (AvgIpc) is 2.99. The number of rotatable bonds is 6. The van der Waals surface area contributed by atoms with Gasteiger partial charge in [0.15, 0.2) is 0 Å². The molecule has 0 unspecified atom stereocenters. The van der Waals surface area contributed by atoms with E-state index in [1.807, 2.05) is 18.2 Å². The number of benzene rings is 1. The molecular formula is C18H24N2O2S. The number of ether oxygens (including phenoxy) is 2. The molecule has 4 nitrogen and oxygen atoms in total. The van der Waals surface area contributed by atoms with Crippen LogP contribution in [0.15, 0.2) is 29.6 Å². The van der Waals surface area contributed by atoms with Crippen LogP contribution in [0.5, 0.6) is 5.75 Å². The van der Waals surface area contributed by atoms with Crippen LogP contribution in [0.1, 0.15) is 29.1 Å². The van der Waals surface area contributed by atoms with Crippen LogP contribution < -0.4 is 4.74 Å². The summed E-state index contributed by atoms with van der Waals surface area (Å²) in [6.07, 6.45) is 2.51. The van der Waals surface area contributed by atoms with Crippen LogP contribution >= 0.6 is 11.3 Å². The first-order valence-electron chi connectivity index (χ1n) is 8.11. The zero-order valence-electron chi connectivity index (χ0n) is 13.8. The summed E-state index contributed by atoms with van der Waals surface area (Å²) in [6, 6.07) is 8.07. The predicted molar refractivity (Wildman–Crippen MR) is 92.9 cm³/mol. The van der Waals surface area contributed by atoms with E-state index >= 15 is 0 Å². The summed E-state index contributed by atoms with van der Waals surface area (Å²) in [5.41, 5.74) is 2.25. The number of thiazole rings is 1. The van der Waals surface area contributed by atoms with E-state index < -0.39 is 0 Å². The van der Waals surface area contributed by atoms with Crippen molar-refractivity contribution in [3.05, 3.63) is 45.9 Å². The standard InChI is InChI=1S/C18H24N2O2S/c1-14-13-23-18(19-14)11-20-9-7-16(8-10-20)22-12-15-5-3-4-6-17(15)21-2/h3-6,13,16H,7-12H2,1-2H3. The normalized spacial score (nSPS) is 16.6. The van der Waals surface area contributed by atoms with Crippen molar-refractivity contribution in [1.82, 2.24) is 9.88 Å². The molecule has 3 rings (SSSR count). The van der Waals surface area contributed by atoms with Crippen LogP contribution in [0.25, 0.3) is 0 Å². The Balaban J connectivity index is 1.44. The van der Waals surface area contributed by atoms with Gasteiger partial charge in [-0.3, -0.25) is 4.90 Å². The van der Waals surface area contributed by atoms with E-state index in [0.717, 1.165) is 49.5 Å². The van der Waals surface area contributed by atoms with Crippen molar-refractivity contribution in [3.8, 4) is 5.75 Å². The molecule has 2 heterocycles. The van der Waals surface area contributed by atoms with E-state index in [2.05, 4.69) is 28.3 Å². The lowest BCUT2D eigenvalue weighted by molar-refractivity contribution is -0.00457. The van der Waals surface area contributed by atoms with Crippen molar-refractivity contribution < 1.29 is 9.47 Å². The van der Waals surface area contributed by atoms with Gasteiger partial charge in [0.05, 0.1) is 26.4 Å². The van der Waals surface area contributed by atoms with Gasteiger partial charge in [0.2, 0.25) is 0 Å². The molecule has 1 aliphatic heterocycles. The summed E-state index contributed by atoms with van der Waals surface area (Å²) in [6.45, 7) is 5.81. The number of hydrogen-bond acceptors (Lipinski definition) is 5. The predicted octanol–water partition coefficient (Wildman–Crippen LogP) is 3.64. The molecule has 1 aromatic carbocycles. The minimum Gasteiger partial charge on any atom is -0.496 e. The highest BCUT2D eigenvalue weighted by molar-refractivity contribution is 7.09. The fourth-order valence-corrected chi connectivity index (χ4v) is 3.74. The summed E-state index contributed by atoms with van der Waals surface area (Å²) in [5.74, 6) is 0.907. The average molecular weight is 332 g/mol. The maximum Gasteiger partial charge on any atom is 0.124 e. The number of methoxy groups -OCH3 is 1. The molecule has 1 aliphatic rings. The van der Waals surface area contributed by atoms with E-state index in [-0.39, 0.29) is 0 Å². The quantitative estimate of drug-likeness (QED) is 0.809. The number of likely N-dealkylation sites (tertiary alicyclic amines) is 1. The monoisotopic (exact) mass is 332 g/mol. The number of piperidine rings is 1. The van der Waals surface area contributed by atoms with E-state index in [4.69, 9.17) is 9.47 Å². The van der Waals surface area contributed by atoms with E-state index in [1.165, 1.54) is 5.01 Å². The van der Waals surface area contributed by atoms with Gasteiger partial charge in [0, 0.05) is 29.7 Å². The van der Waals surface area contributed by atoms with Crippen LogP contribution in [-0.2, 0) is 17.9 Å². The summed E-state index contributed by atoms with van der Waals surface area (Å²) in [4.78, 5) is 7.02. The van der Waals surface area contributed by atoms with Gasteiger partial charge < -0.3 is 9.47 Å². The van der Waals surface area contributed by atoms with Crippen molar-refractivity contribution >= 4 is 11.3 Å². The topological polar surface area (TPSA) is 34.6 Å². The number of aromatic nitrogens is 1. The SMILES string of the molecule is COc1ccccc1COC1CCN(Cc2nc(C)cs2)CC1. The third-order valence-electron chi connectivity index (χ3n) is 4.23. The maximum absolute atomic E-state index is 6.09. The zero-order chi connectivity index (χ0) is 16.1. The lowest BCUT2D eigenvalue weighted by Crippen LogP contribution is -2.36. The van der Waals surface area contributed by atoms with Gasteiger partial charge in [-0.25, -0.2) is 4.98 Å². The summed E-state index contributed by atoms with van der Waals surface area (Å²) < 4.78 is 11.5. The maximum atomic E-state index is 6.09. The first kappa shape index (κ1) is 16.4. The highest BCUT2D eigenvalue weighted by Crippen LogP contribution is 2.22. The molecule has 0 atom stereocenters. The molecule has 1 aromatic heterocycles. The first-order chi connectivity index (χ1) is 11.2. The van der Waals surface area contributed by atoms with Crippen molar-refractivity contribution in [3.63, 3.8) is 0 Å². The van der Waals surface area contributed by atoms with Gasteiger partial charge in [-0.1, -0.05) is 18.2 Å². The second-order valence-electron chi connectivity index (χ2n) is 5.98. The van der Waals surface area contributed by atoms with Crippen LogP contribution in [0.2, 0.25) is 0 Å². The van der Waals surface area contributed by atoms with Gasteiger partial charge in [-0.2, -0.15) is 0 Å². The molecule has 0 saturated carbocycles. The van der Waals surface area contributed by atoms with Crippen molar-refractivity contribution in [2.45, 2.75) is 39.0 Å². The van der Waals surface area contributed by atoms with E-state index in [0.29, 0.717) is 12.7 Å². The molecule has 5 heteroatoms. The molecule has 0 radical (unpaired) electrons. The third-order valence-corrected chi connectivity index (χ3v) is 5.18. The van der Waals surface area contributed by atoms with Gasteiger partial charge in [-0.15, -0.1) is 11.3 Å².